The van der Waals surface area contributed by atoms with Crippen molar-refractivity contribution in [1.29, 1.82) is 0 Å². The number of unbranched alkanes of at least 4 members (excludes halogenated alkanes) is 4. The first-order valence-electron chi connectivity index (χ1n) is 13.8. The van der Waals surface area contributed by atoms with E-state index >= 15 is 0 Å². The van der Waals surface area contributed by atoms with Gasteiger partial charge in [-0.2, -0.15) is 8.78 Å². The molecule has 0 aromatic heterocycles. The Labute approximate surface area is 219 Å². The van der Waals surface area contributed by atoms with E-state index in [4.69, 9.17) is 14.2 Å². The molecule has 5 atom stereocenters. The SMILES string of the molecule is CCCCC(F)(F)C(=O)C=CC1C(OC2CCCCO2)CC(OC(C)=O)C1CCCCCCC(=O)OC. The predicted molar refractivity (Wildman–Crippen MR) is 134 cm³/mol. The number of carbonyl (C=O) groups is 3. The Morgan fingerprint density at radius 3 is 2.46 bits per heavy atom. The van der Waals surface area contributed by atoms with Gasteiger partial charge in [-0.1, -0.05) is 38.7 Å². The molecule has 1 heterocycles. The van der Waals surface area contributed by atoms with Crippen LogP contribution in [0.5, 0.6) is 0 Å². The lowest BCUT2D eigenvalue weighted by Gasteiger charge is -2.29. The normalized spacial score (nSPS) is 26.4. The van der Waals surface area contributed by atoms with Crippen molar-refractivity contribution in [3.63, 3.8) is 0 Å². The maximum Gasteiger partial charge on any atom is 0.309 e. The van der Waals surface area contributed by atoms with Gasteiger partial charge in [0.05, 0.1) is 13.2 Å². The van der Waals surface area contributed by atoms with Crippen molar-refractivity contribution >= 4 is 17.7 Å². The van der Waals surface area contributed by atoms with Crippen LogP contribution in [-0.2, 0) is 33.3 Å². The molecule has 9 heteroatoms. The molecule has 0 N–H and O–H groups in total. The third-order valence-electron chi connectivity index (χ3n) is 7.22. The maximum absolute atomic E-state index is 14.3. The predicted octanol–water partition coefficient (Wildman–Crippen LogP) is 5.93. The van der Waals surface area contributed by atoms with Gasteiger partial charge in [-0.3, -0.25) is 14.4 Å². The fourth-order valence-electron chi connectivity index (χ4n) is 5.19. The van der Waals surface area contributed by atoms with Crippen molar-refractivity contribution < 1.29 is 42.1 Å². The largest absolute Gasteiger partial charge is 0.469 e. The quantitative estimate of drug-likeness (QED) is 0.139. The molecule has 0 aromatic carbocycles. The van der Waals surface area contributed by atoms with Crippen molar-refractivity contribution in [2.24, 2.45) is 11.8 Å². The van der Waals surface area contributed by atoms with E-state index in [1.54, 1.807) is 13.0 Å². The van der Waals surface area contributed by atoms with Gasteiger partial charge >= 0.3 is 17.9 Å². The Morgan fingerprint density at radius 1 is 1.05 bits per heavy atom. The maximum atomic E-state index is 14.3. The second kappa shape index (κ2) is 16.2. The van der Waals surface area contributed by atoms with Gasteiger partial charge in [-0.15, -0.1) is 0 Å². The molecule has 0 aromatic rings. The second-order valence-electron chi connectivity index (χ2n) is 10.2. The minimum atomic E-state index is -3.40. The molecule has 0 spiro atoms. The summed E-state index contributed by atoms with van der Waals surface area (Å²) >= 11 is 0. The van der Waals surface area contributed by atoms with Gasteiger partial charge in [0.25, 0.3) is 0 Å². The van der Waals surface area contributed by atoms with Crippen LogP contribution in [0.1, 0.15) is 97.3 Å². The molecule has 1 saturated heterocycles. The Balaban J connectivity index is 2.13. The first-order valence-corrected chi connectivity index (χ1v) is 13.8. The minimum absolute atomic E-state index is 0.175. The van der Waals surface area contributed by atoms with Crippen LogP contribution < -0.4 is 0 Å². The summed E-state index contributed by atoms with van der Waals surface area (Å²) < 4.78 is 51.0. The summed E-state index contributed by atoms with van der Waals surface area (Å²) in [6.45, 7) is 3.76. The molecule has 1 saturated carbocycles. The molecule has 2 aliphatic rings. The number of hydrogen-bond acceptors (Lipinski definition) is 7. The smallest absolute Gasteiger partial charge is 0.309 e. The molecule has 7 nitrogen and oxygen atoms in total. The Bertz CT molecular complexity index is 749. The fraction of sp³-hybridized carbons (Fsp3) is 0.821. The summed E-state index contributed by atoms with van der Waals surface area (Å²) in [5.74, 6) is -5.79. The first kappa shape index (κ1) is 31.3. The first-order chi connectivity index (χ1) is 17.7. The summed E-state index contributed by atoms with van der Waals surface area (Å²) in [6, 6.07) is 0. The molecule has 37 heavy (non-hydrogen) atoms. The number of alkyl halides is 2. The molecule has 0 bridgehead atoms. The number of ketones is 1. The van der Waals surface area contributed by atoms with E-state index in [1.165, 1.54) is 14.0 Å². The molecule has 5 unspecified atom stereocenters. The van der Waals surface area contributed by atoms with E-state index in [9.17, 15) is 23.2 Å². The zero-order chi connectivity index (χ0) is 27.3. The molecule has 1 aliphatic heterocycles. The Hall–Kier alpha value is -1.87. The number of hydrogen-bond donors (Lipinski definition) is 0. The van der Waals surface area contributed by atoms with Crippen LogP contribution >= 0.6 is 0 Å². The molecule has 1 aliphatic carbocycles. The van der Waals surface area contributed by atoms with Gasteiger partial charge in [0.1, 0.15) is 6.10 Å². The summed E-state index contributed by atoms with van der Waals surface area (Å²) in [5, 5.41) is 0. The van der Waals surface area contributed by atoms with Gasteiger partial charge in [0, 0.05) is 44.6 Å². The minimum Gasteiger partial charge on any atom is -0.469 e. The third kappa shape index (κ3) is 10.8. The van der Waals surface area contributed by atoms with Gasteiger partial charge in [0.15, 0.2) is 6.29 Å². The number of methoxy groups -OCH3 is 1. The molecular formula is C28H44F2O7. The summed E-state index contributed by atoms with van der Waals surface area (Å²) in [4.78, 5) is 35.5. The molecule has 2 fully saturated rings. The number of esters is 2. The topological polar surface area (TPSA) is 88.1 Å². The molecule has 212 valence electrons. The average molecular weight is 531 g/mol. The fourth-order valence-corrected chi connectivity index (χ4v) is 5.19. The average Bonchev–Trinajstić information content (AvgIpc) is 3.18. The van der Waals surface area contributed by atoms with Crippen LogP contribution in [0.25, 0.3) is 0 Å². The highest BCUT2D eigenvalue weighted by atomic mass is 19.3. The summed E-state index contributed by atoms with van der Waals surface area (Å²) in [7, 11) is 1.37. The zero-order valence-electron chi connectivity index (χ0n) is 22.6. The molecular weight excluding hydrogens is 486 g/mol. The highest BCUT2D eigenvalue weighted by Gasteiger charge is 2.46. The van der Waals surface area contributed by atoms with Gasteiger partial charge < -0.3 is 18.9 Å². The lowest BCUT2D eigenvalue weighted by Crippen LogP contribution is -2.31. The summed E-state index contributed by atoms with van der Waals surface area (Å²) in [6.07, 6.45) is 9.05. The van der Waals surface area contributed by atoms with Crippen molar-refractivity contribution in [2.75, 3.05) is 13.7 Å². The molecule has 0 amide bonds. The molecule has 2 rings (SSSR count). The van der Waals surface area contributed by atoms with Crippen LogP contribution in [0, 0.1) is 11.8 Å². The van der Waals surface area contributed by atoms with E-state index in [2.05, 4.69) is 4.74 Å². The number of rotatable bonds is 16. The summed E-state index contributed by atoms with van der Waals surface area (Å²) in [5.41, 5.74) is 0. The highest BCUT2D eigenvalue weighted by molar-refractivity contribution is 5.95. The van der Waals surface area contributed by atoms with E-state index in [0.29, 0.717) is 32.3 Å². The van der Waals surface area contributed by atoms with E-state index in [-0.39, 0.29) is 24.2 Å². The lowest BCUT2D eigenvalue weighted by atomic mass is 9.87. The van der Waals surface area contributed by atoms with Crippen molar-refractivity contribution in [1.82, 2.24) is 0 Å². The van der Waals surface area contributed by atoms with Crippen LogP contribution in [0.3, 0.4) is 0 Å². The second-order valence-corrected chi connectivity index (χ2v) is 10.2. The third-order valence-corrected chi connectivity index (χ3v) is 7.22. The van der Waals surface area contributed by atoms with Gasteiger partial charge in [-0.05, 0) is 44.6 Å². The van der Waals surface area contributed by atoms with E-state index < -0.39 is 42.6 Å². The monoisotopic (exact) mass is 530 g/mol. The van der Waals surface area contributed by atoms with Gasteiger partial charge in [-0.25, -0.2) is 0 Å². The van der Waals surface area contributed by atoms with Crippen molar-refractivity contribution in [3.05, 3.63) is 12.2 Å². The standard InChI is InChI=1S/C28H44F2O7/c1-4-5-17-28(29,30)25(32)16-15-22-21(12-8-6-7-9-13-26(33)34-3)23(36-20(2)31)19-24(22)37-27-14-10-11-18-35-27/h15-16,21-24,27H,4-14,17-19H2,1-3H3. The van der Waals surface area contributed by atoms with Gasteiger partial charge in [0.2, 0.25) is 5.78 Å². The van der Waals surface area contributed by atoms with Crippen molar-refractivity contribution in [2.45, 2.75) is 122 Å². The number of carbonyl (C=O) groups excluding carboxylic acids is 3. The zero-order valence-corrected chi connectivity index (χ0v) is 22.6. The number of ether oxygens (including phenoxy) is 4. The van der Waals surface area contributed by atoms with Crippen LogP contribution in [-0.4, -0.2) is 55.9 Å². The molecule has 0 radical (unpaired) electrons. The highest BCUT2D eigenvalue weighted by Crippen LogP contribution is 2.42. The lowest BCUT2D eigenvalue weighted by molar-refractivity contribution is -0.193. The van der Waals surface area contributed by atoms with Crippen LogP contribution in [0.15, 0.2) is 12.2 Å². The number of allylic oxidation sites excluding steroid dienone is 1. The van der Waals surface area contributed by atoms with E-state index in [0.717, 1.165) is 51.0 Å². The number of halogens is 2. The van der Waals surface area contributed by atoms with Crippen molar-refractivity contribution in [3.8, 4) is 0 Å². The van der Waals surface area contributed by atoms with Crippen LogP contribution in [0.2, 0.25) is 0 Å². The van der Waals surface area contributed by atoms with Crippen LogP contribution in [0.4, 0.5) is 8.78 Å². The van der Waals surface area contributed by atoms with E-state index in [1.807, 2.05) is 0 Å². The Morgan fingerprint density at radius 2 is 1.81 bits per heavy atom. The Kier molecular flexibility index (Phi) is 13.7.